The Hall–Kier alpha value is -1.79. The summed E-state index contributed by atoms with van der Waals surface area (Å²) in [6.45, 7) is 2.89. The number of benzene rings is 1. The second kappa shape index (κ2) is 4.16. The molecule has 3 nitrogen and oxygen atoms in total. The van der Waals surface area contributed by atoms with E-state index >= 15 is 0 Å². The number of hydrogen-bond acceptors (Lipinski definition) is 3. The van der Waals surface area contributed by atoms with E-state index in [4.69, 9.17) is 11.2 Å². The smallest absolute Gasteiger partial charge is 0.193 e. The summed E-state index contributed by atoms with van der Waals surface area (Å²) in [4.78, 5) is 11.6. The molecule has 0 fully saturated rings. The molecule has 0 heterocycles. The minimum atomic E-state index is -1.37. The van der Waals surface area contributed by atoms with Crippen LogP contribution in [0.15, 0.2) is 24.3 Å². The maximum Gasteiger partial charge on any atom is 0.193 e. The van der Waals surface area contributed by atoms with Gasteiger partial charge >= 0.3 is 0 Å². The molecule has 0 amide bonds. The number of hydrogen-bond donors (Lipinski definition) is 1. The third-order valence-electron chi connectivity index (χ3n) is 1.85. The van der Waals surface area contributed by atoms with E-state index in [9.17, 15) is 9.90 Å². The van der Waals surface area contributed by atoms with Gasteiger partial charge in [0.2, 0.25) is 0 Å². The number of ether oxygens (including phenoxy) is 1. The van der Waals surface area contributed by atoms with Crippen molar-refractivity contribution in [3.63, 3.8) is 0 Å². The van der Waals surface area contributed by atoms with Crippen LogP contribution in [0.2, 0.25) is 0 Å². The van der Waals surface area contributed by atoms with Crippen LogP contribution >= 0.6 is 0 Å². The number of Topliss-reactive ketones (excluding diaryl/α,β-unsaturated/α-hetero) is 1. The van der Waals surface area contributed by atoms with Crippen LogP contribution in [0.4, 0.5) is 0 Å². The van der Waals surface area contributed by atoms with E-state index in [0.29, 0.717) is 11.3 Å². The predicted molar refractivity (Wildman–Crippen MR) is 56.5 cm³/mol. The molecule has 0 aliphatic rings. The quantitative estimate of drug-likeness (QED) is 0.601. The molecule has 78 valence electrons. The topological polar surface area (TPSA) is 46.5 Å². The molecule has 0 bridgehead atoms. The molecule has 0 atom stereocenters. The van der Waals surface area contributed by atoms with Crippen molar-refractivity contribution in [3.8, 4) is 18.3 Å². The minimum Gasteiger partial charge on any atom is -0.408 e. The van der Waals surface area contributed by atoms with Crippen molar-refractivity contribution in [2.45, 2.75) is 19.4 Å². The van der Waals surface area contributed by atoms with Gasteiger partial charge in [-0.1, -0.05) is 6.42 Å². The lowest BCUT2D eigenvalue weighted by Crippen LogP contribution is -2.30. The lowest BCUT2D eigenvalue weighted by atomic mass is 9.97. The van der Waals surface area contributed by atoms with Crippen molar-refractivity contribution in [2.24, 2.45) is 0 Å². The van der Waals surface area contributed by atoms with E-state index in [-0.39, 0.29) is 5.78 Å². The van der Waals surface area contributed by atoms with Crippen LogP contribution in [0.25, 0.3) is 0 Å². The van der Waals surface area contributed by atoms with Crippen LogP contribution in [0.1, 0.15) is 24.2 Å². The van der Waals surface area contributed by atoms with Gasteiger partial charge in [0.25, 0.3) is 0 Å². The zero-order valence-corrected chi connectivity index (χ0v) is 8.65. The van der Waals surface area contributed by atoms with Gasteiger partial charge in [-0.2, -0.15) is 0 Å². The Morgan fingerprint density at radius 1 is 1.40 bits per heavy atom. The first-order chi connectivity index (χ1) is 6.95. The summed E-state index contributed by atoms with van der Waals surface area (Å²) < 4.78 is 4.78. The number of ketones is 1. The molecule has 0 aromatic heterocycles. The third-order valence-corrected chi connectivity index (χ3v) is 1.85. The summed E-state index contributed by atoms with van der Waals surface area (Å²) in [6.07, 6.45) is 6.98. The molecule has 0 radical (unpaired) electrons. The van der Waals surface area contributed by atoms with Gasteiger partial charge in [-0.25, -0.2) is 0 Å². The fourth-order valence-corrected chi connectivity index (χ4v) is 1.10. The number of aliphatic hydroxyl groups is 1. The van der Waals surface area contributed by atoms with Gasteiger partial charge in [-0.3, -0.25) is 4.79 Å². The van der Waals surface area contributed by atoms with Crippen LogP contribution in [-0.2, 0) is 0 Å². The Labute approximate surface area is 88.7 Å². The molecule has 0 saturated heterocycles. The molecule has 3 heteroatoms. The Kier molecular flexibility index (Phi) is 3.13. The Balaban J connectivity index is 2.91. The third kappa shape index (κ3) is 2.83. The highest BCUT2D eigenvalue weighted by atomic mass is 16.5. The zero-order chi connectivity index (χ0) is 11.5. The Bertz CT molecular complexity index is 390. The lowest BCUT2D eigenvalue weighted by molar-refractivity contribution is 0.0488. The van der Waals surface area contributed by atoms with E-state index in [1.807, 2.05) is 6.11 Å². The molecule has 0 aliphatic heterocycles. The second-order valence-electron chi connectivity index (χ2n) is 3.63. The largest absolute Gasteiger partial charge is 0.408 e. The molecule has 1 rings (SSSR count). The molecule has 0 aliphatic carbocycles. The highest BCUT2D eigenvalue weighted by Gasteiger charge is 2.24. The van der Waals surface area contributed by atoms with E-state index in [1.165, 1.54) is 13.8 Å². The molecule has 15 heavy (non-hydrogen) atoms. The van der Waals surface area contributed by atoms with Crippen molar-refractivity contribution in [1.29, 1.82) is 0 Å². The van der Waals surface area contributed by atoms with Crippen LogP contribution < -0.4 is 4.74 Å². The normalized spacial score (nSPS) is 10.5. The number of carbonyl (C=O) groups excluding carboxylic acids is 1. The maximum atomic E-state index is 11.6. The molecule has 0 saturated carbocycles. The SMILES string of the molecule is C#COc1ccc(C(=O)C(C)(C)O)cc1. The van der Waals surface area contributed by atoms with Gasteiger partial charge in [0.15, 0.2) is 5.78 Å². The van der Waals surface area contributed by atoms with Crippen LogP contribution in [0, 0.1) is 12.5 Å². The summed E-state index contributed by atoms with van der Waals surface area (Å²) in [5.74, 6) is 0.152. The summed E-state index contributed by atoms with van der Waals surface area (Å²) in [5, 5.41) is 9.50. The maximum absolute atomic E-state index is 11.6. The molecular formula is C12H12O3. The van der Waals surface area contributed by atoms with Gasteiger partial charge < -0.3 is 9.84 Å². The second-order valence-corrected chi connectivity index (χ2v) is 3.63. The number of terminal acetylenes is 1. The van der Waals surface area contributed by atoms with Crippen molar-refractivity contribution in [3.05, 3.63) is 29.8 Å². The van der Waals surface area contributed by atoms with Gasteiger partial charge in [-0.15, -0.1) is 0 Å². The molecule has 1 aromatic carbocycles. The molecule has 0 unspecified atom stereocenters. The Morgan fingerprint density at radius 3 is 2.33 bits per heavy atom. The standard InChI is InChI=1S/C12H12O3/c1-4-15-10-7-5-9(6-8-10)11(13)12(2,3)14/h1,5-8,14H,2-3H3. The molecule has 0 spiro atoms. The van der Waals surface area contributed by atoms with Gasteiger partial charge in [0, 0.05) is 5.56 Å². The monoisotopic (exact) mass is 204 g/mol. The summed E-state index contributed by atoms with van der Waals surface area (Å²) >= 11 is 0. The molecule has 1 aromatic rings. The lowest BCUT2D eigenvalue weighted by Gasteiger charge is -2.15. The average molecular weight is 204 g/mol. The van der Waals surface area contributed by atoms with Gasteiger partial charge in [-0.05, 0) is 38.1 Å². The van der Waals surface area contributed by atoms with E-state index in [1.54, 1.807) is 24.3 Å². The Morgan fingerprint density at radius 2 is 1.93 bits per heavy atom. The van der Waals surface area contributed by atoms with E-state index < -0.39 is 5.60 Å². The van der Waals surface area contributed by atoms with E-state index in [2.05, 4.69) is 0 Å². The van der Waals surface area contributed by atoms with E-state index in [0.717, 1.165) is 0 Å². The fraction of sp³-hybridized carbons (Fsp3) is 0.250. The first-order valence-corrected chi connectivity index (χ1v) is 4.45. The van der Waals surface area contributed by atoms with Crippen LogP contribution in [-0.4, -0.2) is 16.5 Å². The van der Waals surface area contributed by atoms with Crippen LogP contribution in [0.5, 0.6) is 5.75 Å². The van der Waals surface area contributed by atoms with Gasteiger partial charge in [0.1, 0.15) is 17.5 Å². The number of rotatable bonds is 3. The highest BCUT2D eigenvalue weighted by molar-refractivity contribution is 6.01. The zero-order valence-electron chi connectivity index (χ0n) is 8.65. The van der Waals surface area contributed by atoms with Crippen molar-refractivity contribution in [1.82, 2.24) is 0 Å². The molecule has 1 N–H and O–H groups in total. The summed E-state index contributed by atoms with van der Waals surface area (Å²) in [7, 11) is 0. The first kappa shape index (κ1) is 11.3. The minimum absolute atomic E-state index is 0.338. The summed E-state index contributed by atoms with van der Waals surface area (Å²) in [5.41, 5.74) is -0.944. The summed E-state index contributed by atoms with van der Waals surface area (Å²) in [6, 6.07) is 6.29. The fourth-order valence-electron chi connectivity index (χ4n) is 1.10. The first-order valence-electron chi connectivity index (χ1n) is 4.45. The van der Waals surface area contributed by atoms with Crippen molar-refractivity contribution < 1.29 is 14.6 Å². The van der Waals surface area contributed by atoms with Crippen LogP contribution in [0.3, 0.4) is 0 Å². The highest BCUT2D eigenvalue weighted by Crippen LogP contribution is 2.16. The molecular weight excluding hydrogens is 192 g/mol. The van der Waals surface area contributed by atoms with Crippen molar-refractivity contribution in [2.75, 3.05) is 0 Å². The van der Waals surface area contributed by atoms with Gasteiger partial charge in [0.05, 0.1) is 0 Å². The van der Waals surface area contributed by atoms with Crippen molar-refractivity contribution >= 4 is 5.78 Å². The predicted octanol–water partition coefficient (Wildman–Crippen LogP) is 1.61. The number of carbonyl (C=O) groups is 1. The average Bonchev–Trinajstić information content (AvgIpc) is 2.17.